The maximum Gasteiger partial charge on any atom is 0.346 e. The molecule has 2 unspecified atom stereocenters. The number of hydrogen-bond acceptors (Lipinski definition) is 6. The van der Waals surface area contributed by atoms with Gasteiger partial charge in [0.05, 0.1) is 12.3 Å². The lowest BCUT2D eigenvalue weighted by Gasteiger charge is -2.65. The first-order valence-electron chi connectivity index (χ1n) is 12.9. The fourth-order valence-electron chi connectivity index (χ4n) is 8.02. The Kier molecular flexibility index (Phi) is 5.36. The summed E-state index contributed by atoms with van der Waals surface area (Å²) in [5.74, 6) is 2.19. The highest BCUT2D eigenvalue weighted by atomic mass is 16.5. The molecule has 0 amide bonds. The Labute approximate surface area is 207 Å². The normalized spacial score (nSPS) is 31.0. The third-order valence-electron chi connectivity index (χ3n) is 8.24. The molecule has 7 heteroatoms. The van der Waals surface area contributed by atoms with Crippen molar-refractivity contribution in [1.82, 2.24) is 25.5 Å². The zero-order valence-corrected chi connectivity index (χ0v) is 21.0. The van der Waals surface area contributed by atoms with Crippen molar-refractivity contribution < 1.29 is 9.47 Å². The van der Waals surface area contributed by atoms with Crippen molar-refractivity contribution in [1.29, 1.82) is 0 Å². The van der Waals surface area contributed by atoms with E-state index in [2.05, 4.69) is 46.8 Å². The van der Waals surface area contributed by atoms with E-state index in [-0.39, 0.29) is 5.54 Å². The fourth-order valence-corrected chi connectivity index (χ4v) is 8.02. The standard InChI is InChI=1S/C28H35N5O2/c1-4-34-24-12-20(16-29-28-15-21-13-26(2,18-28)17-27(3,14-21)19-28)10-11-23(24)35-25-30-31-32-33(25)22-8-6-5-7-9-22/h5-12,21,29H,4,13-19H2,1-3H3. The number of benzene rings is 2. The Morgan fingerprint density at radius 3 is 2.46 bits per heavy atom. The zero-order valence-electron chi connectivity index (χ0n) is 21.0. The van der Waals surface area contributed by atoms with E-state index in [1.54, 1.807) is 4.68 Å². The van der Waals surface area contributed by atoms with E-state index in [9.17, 15) is 0 Å². The summed E-state index contributed by atoms with van der Waals surface area (Å²) in [6, 6.07) is 16.2. The average molecular weight is 474 g/mol. The Bertz CT molecular complexity index is 1190. The molecule has 4 aliphatic rings. The van der Waals surface area contributed by atoms with Crippen molar-refractivity contribution >= 4 is 0 Å². The average Bonchev–Trinajstić information content (AvgIpc) is 3.26. The van der Waals surface area contributed by atoms with E-state index in [1.807, 2.05) is 43.3 Å². The minimum atomic E-state index is 0.266. The molecular weight excluding hydrogens is 438 g/mol. The van der Waals surface area contributed by atoms with Gasteiger partial charge in [-0.25, -0.2) is 0 Å². The van der Waals surface area contributed by atoms with Crippen LogP contribution in [0, 0.1) is 16.7 Å². The summed E-state index contributed by atoms with van der Waals surface area (Å²) >= 11 is 0. The van der Waals surface area contributed by atoms with Crippen molar-refractivity contribution in [3.63, 3.8) is 0 Å². The van der Waals surface area contributed by atoms with Gasteiger partial charge in [0.25, 0.3) is 0 Å². The summed E-state index contributed by atoms with van der Waals surface area (Å²) in [5, 5.41) is 16.0. The van der Waals surface area contributed by atoms with Crippen LogP contribution in [-0.4, -0.2) is 32.4 Å². The van der Waals surface area contributed by atoms with Crippen molar-refractivity contribution in [3.05, 3.63) is 54.1 Å². The highest BCUT2D eigenvalue weighted by Gasteiger charge is 2.59. The smallest absolute Gasteiger partial charge is 0.346 e. The van der Waals surface area contributed by atoms with Crippen LogP contribution in [0.25, 0.3) is 5.69 Å². The van der Waals surface area contributed by atoms with Crippen LogP contribution in [0.2, 0.25) is 0 Å². The predicted octanol–water partition coefficient (Wildman–Crippen LogP) is 5.69. The molecule has 0 saturated heterocycles. The van der Waals surface area contributed by atoms with Crippen LogP contribution in [0.15, 0.2) is 48.5 Å². The second kappa shape index (κ2) is 8.33. The van der Waals surface area contributed by atoms with Crippen molar-refractivity contribution in [2.75, 3.05) is 6.61 Å². The van der Waals surface area contributed by atoms with Gasteiger partial charge in [-0.2, -0.15) is 4.68 Å². The highest BCUT2D eigenvalue weighted by Crippen LogP contribution is 2.66. The lowest BCUT2D eigenvalue weighted by Crippen LogP contribution is -2.63. The Morgan fingerprint density at radius 2 is 1.74 bits per heavy atom. The molecule has 7 nitrogen and oxygen atoms in total. The minimum Gasteiger partial charge on any atom is -0.490 e. The Hall–Kier alpha value is -2.93. The van der Waals surface area contributed by atoms with Gasteiger partial charge < -0.3 is 14.8 Å². The molecule has 1 heterocycles. The molecule has 3 aromatic rings. The van der Waals surface area contributed by atoms with E-state index in [4.69, 9.17) is 9.47 Å². The van der Waals surface area contributed by atoms with Crippen molar-refractivity contribution in [3.8, 4) is 23.2 Å². The Morgan fingerprint density at radius 1 is 0.971 bits per heavy atom. The number of nitrogens with zero attached hydrogens (tertiary/aromatic N) is 4. The molecule has 0 aliphatic heterocycles. The lowest BCUT2D eigenvalue weighted by molar-refractivity contribution is -0.118. The summed E-state index contributed by atoms with van der Waals surface area (Å²) in [6.07, 6.45) is 8.13. The maximum absolute atomic E-state index is 6.13. The van der Waals surface area contributed by atoms with Crippen LogP contribution in [0.3, 0.4) is 0 Å². The number of ether oxygens (including phenoxy) is 2. The van der Waals surface area contributed by atoms with Gasteiger partial charge in [-0.05, 0) is 102 Å². The molecule has 4 aliphatic carbocycles. The third kappa shape index (κ3) is 4.31. The number of nitrogens with one attached hydrogen (secondary N) is 1. The maximum atomic E-state index is 6.13. The largest absolute Gasteiger partial charge is 0.490 e. The van der Waals surface area contributed by atoms with Crippen LogP contribution in [0.4, 0.5) is 0 Å². The van der Waals surface area contributed by atoms with E-state index < -0.39 is 0 Å². The van der Waals surface area contributed by atoms with Crippen LogP contribution in [0.5, 0.6) is 17.5 Å². The number of tetrazole rings is 1. The van der Waals surface area contributed by atoms with Gasteiger partial charge >= 0.3 is 6.01 Å². The van der Waals surface area contributed by atoms with Crippen LogP contribution >= 0.6 is 0 Å². The molecule has 184 valence electrons. The molecule has 0 spiro atoms. The number of para-hydroxylation sites is 1. The summed E-state index contributed by atoms with van der Waals surface area (Å²) in [6.45, 7) is 8.42. The van der Waals surface area contributed by atoms with Gasteiger partial charge in [-0.1, -0.05) is 43.2 Å². The lowest BCUT2D eigenvalue weighted by atomic mass is 9.43. The molecule has 4 bridgehead atoms. The zero-order chi connectivity index (χ0) is 24.1. The van der Waals surface area contributed by atoms with Crippen molar-refractivity contribution in [2.24, 2.45) is 16.7 Å². The quantitative estimate of drug-likeness (QED) is 0.453. The van der Waals surface area contributed by atoms with Crippen LogP contribution in [-0.2, 0) is 6.54 Å². The first kappa shape index (κ1) is 22.5. The van der Waals surface area contributed by atoms with Gasteiger partial charge in [0.15, 0.2) is 11.5 Å². The third-order valence-corrected chi connectivity index (χ3v) is 8.24. The molecule has 35 heavy (non-hydrogen) atoms. The summed E-state index contributed by atoms with van der Waals surface area (Å²) < 4.78 is 13.7. The van der Waals surface area contributed by atoms with Gasteiger partial charge in [-0.3, -0.25) is 0 Å². The summed E-state index contributed by atoms with van der Waals surface area (Å²) in [7, 11) is 0. The molecule has 2 atom stereocenters. The van der Waals surface area contributed by atoms with E-state index >= 15 is 0 Å². The summed E-state index contributed by atoms with van der Waals surface area (Å²) in [4.78, 5) is 0. The predicted molar refractivity (Wildman–Crippen MR) is 134 cm³/mol. The van der Waals surface area contributed by atoms with Gasteiger partial charge in [0.1, 0.15) is 0 Å². The first-order valence-corrected chi connectivity index (χ1v) is 12.9. The Balaban J connectivity index is 1.20. The second-order valence-electron chi connectivity index (χ2n) is 11.8. The fraction of sp³-hybridized carbons (Fsp3) is 0.536. The molecule has 1 aromatic heterocycles. The number of rotatable bonds is 8. The molecule has 7 rings (SSSR count). The molecule has 2 aromatic carbocycles. The number of hydrogen-bond donors (Lipinski definition) is 1. The molecule has 0 radical (unpaired) electrons. The van der Waals surface area contributed by atoms with E-state index in [0.717, 1.165) is 18.2 Å². The van der Waals surface area contributed by atoms with Gasteiger partial charge in [-0.15, -0.1) is 0 Å². The number of aromatic nitrogens is 4. The highest BCUT2D eigenvalue weighted by molar-refractivity contribution is 5.45. The van der Waals surface area contributed by atoms with Crippen molar-refractivity contribution in [2.45, 2.75) is 71.4 Å². The van der Waals surface area contributed by atoms with Crippen LogP contribution < -0.4 is 14.8 Å². The SMILES string of the molecule is CCOc1cc(CNC23CC4CC(C)(CC(C)(C4)C2)C3)ccc1Oc1nnnn1-c1ccccc1. The monoisotopic (exact) mass is 473 g/mol. The minimum absolute atomic E-state index is 0.266. The van der Waals surface area contributed by atoms with E-state index in [0.29, 0.717) is 34.9 Å². The molecule has 1 N–H and O–H groups in total. The molecule has 4 fully saturated rings. The van der Waals surface area contributed by atoms with Gasteiger partial charge in [0, 0.05) is 12.1 Å². The molecular formula is C28H35N5O2. The van der Waals surface area contributed by atoms with Gasteiger partial charge in [0.2, 0.25) is 0 Å². The van der Waals surface area contributed by atoms with E-state index in [1.165, 1.54) is 44.1 Å². The topological polar surface area (TPSA) is 74.1 Å². The molecule has 4 saturated carbocycles. The summed E-state index contributed by atoms with van der Waals surface area (Å²) in [5.41, 5.74) is 3.30. The van der Waals surface area contributed by atoms with Crippen LogP contribution in [0.1, 0.15) is 64.9 Å². The first-order chi connectivity index (χ1) is 16.9. The second-order valence-corrected chi connectivity index (χ2v) is 11.8.